The molecular formula is C22H18N4O5. The van der Waals surface area contributed by atoms with E-state index in [9.17, 15) is 24.6 Å². The highest BCUT2D eigenvalue weighted by atomic mass is 16.3. The van der Waals surface area contributed by atoms with Crippen molar-refractivity contribution in [3.8, 4) is 11.5 Å². The van der Waals surface area contributed by atoms with Crippen molar-refractivity contribution in [3.63, 3.8) is 0 Å². The molecule has 0 fully saturated rings. The number of pyridine rings is 2. The molecular weight excluding hydrogens is 400 g/mol. The fourth-order valence-corrected chi connectivity index (χ4v) is 3.49. The standard InChI is InChI=1S/C22H18N4O5/c1-11(16-18(27)12-7-3-5-9-14(12)23-20(16)29)24-25-21(30)17-19(28)13-8-4-6-10-15(13)26(2)22(17)31/h3-10,28H,1-2H3,(H,25,30)(H2,23,27,29)/b24-11-. The molecule has 31 heavy (non-hydrogen) atoms. The number of fused-ring (bicyclic) bond motifs is 2. The molecule has 2 heterocycles. The number of hydrazone groups is 1. The minimum Gasteiger partial charge on any atom is -0.506 e. The lowest BCUT2D eigenvalue weighted by molar-refractivity contribution is 0.0950. The van der Waals surface area contributed by atoms with Crippen molar-refractivity contribution in [2.75, 3.05) is 0 Å². The SMILES string of the molecule is C/C(=N/NC(=O)c1c(O)c2ccccc2n(C)c1=O)c1c(O)c2ccccc2[nH]c1=O. The number of carbonyl (C=O) groups excluding carboxylic acids is 1. The number of hydrogen-bond acceptors (Lipinski definition) is 6. The average molecular weight is 418 g/mol. The first-order valence-electron chi connectivity index (χ1n) is 9.31. The van der Waals surface area contributed by atoms with Gasteiger partial charge in [0.05, 0.1) is 16.7 Å². The predicted molar refractivity (Wildman–Crippen MR) is 117 cm³/mol. The van der Waals surface area contributed by atoms with Gasteiger partial charge in [0.2, 0.25) is 0 Å². The molecule has 0 saturated heterocycles. The summed E-state index contributed by atoms with van der Waals surface area (Å²) < 4.78 is 1.25. The maximum atomic E-state index is 12.7. The third-order valence-electron chi connectivity index (χ3n) is 5.08. The summed E-state index contributed by atoms with van der Waals surface area (Å²) in [5, 5.41) is 25.6. The van der Waals surface area contributed by atoms with Crippen LogP contribution in [0.4, 0.5) is 0 Å². The van der Waals surface area contributed by atoms with Crippen molar-refractivity contribution >= 4 is 33.4 Å². The molecule has 1 amide bonds. The Hall–Kier alpha value is -4.40. The van der Waals surface area contributed by atoms with E-state index in [4.69, 9.17) is 0 Å². The van der Waals surface area contributed by atoms with Crippen LogP contribution in [0.1, 0.15) is 22.8 Å². The molecule has 0 aliphatic carbocycles. The lowest BCUT2D eigenvalue weighted by Gasteiger charge is -2.11. The topological polar surface area (TPSA) is 137 Å². The Kier molecular flexibility index (Phi) is 4.78. The van der Waals surface area contributed by atoms with Gasteiger partial charge in [0.15, 0.2) is 0 Å². The maximum absolute atomic E-state index is 12.7. The Morgan fingerprint density at radius 1 is 0.968 bits per heavy atom. The molecule has 0 radical (unpaired) electrons. The summed E-state index contributed by atoms with van der Waals surface area (Å²) in [5.41, 5.74) is 1.25. The molecule has 0 unspecified atom stereocenters. The van der Waals surface area contributed by atoms with Gasteiger partial charge in [0, 0.05) is 17.8 Å². The van der Waals surface area contributed by atoms with E-state index >= 15 is 0 Å². The lowest BCUT2D eigenvalue weighted by Crippen LogP contribution is -2.31. The van der Waals surface area contributed by atoms with Crippen LogP contribution in [0.3, 0.4) is 0 Å². The van der Waals surface area contributed by atoms with Gasteiger partial charge in [-0.15, -0.1) is 0 Å². The van der Waals surface area contributed by atoms with Crippen LogP contribution in [-0.4, -0.2) is 31.4 Å². The quantitative estimate of drug-likeness (QED) is 0.298. The fraction of sp³-hybridized carbons (Fsp3) is 0.0909. The zero-order valence-corrected chi connectivity index (χ0v) is 16.6. The third kappa shape index (κ3) is 3.21. The van der Waals surface area contributed by atoms with Crippen LogP contribution in [0.25, 0.3) is 21.8 Å². The molecule has 0 atom stereocenters. The number of aryl methyl sites for hydroxylation is 1. The molecule has 0 bridgehead atoms. The number of H-pyrrole nitrogens is 1. The number of carbonyl (C=O) groups is 1. The van der Waals surface area contributed by atoms with E-state index in [2.05, 4.69) is 15.5 Å². The number of hydrogen-bond donors (Lipinski definition) is 4. The normalized spacial score (nSPS) is 11.7. The first-order chi connectivity index (χ1) is 14.8. The predicted octanol–water partition coefficient (Wildman–Crippen LogP) is 1.95. The number of aromatic amines is 1. The average Bonchev–Trinajstić information content (AvgIpc) is 2.76. The molecule has 9 heteroatoms. The van der Waals surface area contributed by atoms with E-state index in [1.165, 1.54) is 18.5 Å². The van der Waals surface area contributed by atoms with Gasteiger partial charge < -0.3 is 19.8 Å². The van der Waals surface area contributed by atoms with E-state index in [-0.39, 0.29) is 17.0 Å². The Morgan fingerprint density at radius 3 is 2.32 bits per heavy atom. The molecule has 2 aromatic carbocycles. The summed E-state index contributed by atoms with van der Waals surface area (Å²) in [6.45, 7) is 1.43. The first-order valence-corrected chi connectivity index (χ1v) is 9.31. The molecule has 2 aromatic heterocycles. The number of nitrogens with one attached hydrogen (secondary N) is 2. The Morgan fingerprint density at radius 2 is 1.58 bits per heavy atom. The molecule has 4 aromatic rings. The van der Waals surface area contributed by atoms with Crippen LogP contribution >= 0.6 is 0 Å². The first kappa shape index (κ1) is 19.9. The number of aromatic nitrogens is 2. The summed E-state index contributed by atoms with van der Waals surface area (Å²) >= 11 is 0. The van der Waals surface area contributed by atoms with Gasteiger partial charge in [-0.2, -0.15) is 5.10 Å². The van der Waals surface area contributed by atoms with E-state index in [0.717, 1.165) is 0 Å². The summed E-state index contributed by atoms with van der Waals surface area (Å²) in [4.78, 5) is 40.3. The molecule has 0 aliphatic rings. The molecule has 9 nitrogen and oxygen atoms in total. The van der Waals surface area contributed by atoms with Gasteiger partial charge in [-0.25, -0.2) is 5.43 Å². The number of amides is 1. The van der Waals surface area contributed by atoms with Gasteiger partial charge >= 0.3 is 0 Å². The zero-order chi connectivity index (χ0) is 22.3. The van der Waals surface area contributed by atoms with Crippen LogP contribution < -0.4 is 16.5 Å². The summed E-state index contributed by atoms with van der Waals surface area (Å²) in [5.74, 6) is -1.69. The van der Waals surface area contributed by atoms with Gasteiger partial charge in [-0.1, -0.05) is 24.3 Å². The summed E-state index contributed by atoms with van der Waals surface area (Å²) in [6.07, 6.45) is 0. The fourth-order valence-electron chi connectivity index (χ4n) is 3.49. The van der Waals surface area contributed by atoms with Crippen LogP contribution in [0.2, 0.25) is 0 Å². The Balaban J connectivity index is 1.75. The van der Waals surface area contributed by atoms with Gasteiger partial charge in [-0.05, 0) is 31.2 Å². The van der Waals surface area contributed by atoms with Crippen molar-refractivity contribution in [2.45, 2.75) is 6.92 Å². The van der Waals surface area contributed by atoms with Crippen molar-refractivity contribution in [1.82, 2.24) is 15.0 Å². The maximum Gasteiger partial charge on any atom is 0.280 e. The van der Waals surface area contributed by atoms with E-state index in [1.807, 2.05) is 0 Å². The highest BCUT2D eigenvalue weighted by Gasteiger charge is 2.21. The third-order valence-corrected chi connectivity index (χ3v) is 5.08. The lowest BCUT2D eigenvalue weighted by atomic mass is 10.1. The molecule has 0 spiro atoms. The second kappa shape index (κ2) is 7.45. The number of rotatable bonds is 3. The largest absolute Gasteiger partial charge is 0.506 e. The number of para-hydroxylation sites is 2. The van der Waals surface area contributed by atoms with E-state index < -0.39 is 28.3 Å². The number of aromatic hydroxyl groups is 2. The van der Waals surface area contributed by atoms with E-state index in [1.54, 1.807) is 48.5 Å². The van der Waals surface area contributed by atoms with Crippen molar-refractivity contribution < 1.29 is 15.0 Å². The Bertz CT molecular complexity index is 1510. The van der Waals surface area contributed by atoms with Crippen LogP contribution in [0.5, 0.6) is 11.5 Å². The number of nitrogens with zero attached hydrogens (tertiary/aromatic N) is 2. The molecule has 4 N–H and O–H groups in total. The monoisotopic (exact) mass is 418 g/mol. The highest BCUT2D eigenvalue weighted by Crippen LogP contribution is 2.26. The van der Waals surface area contributed by atoms with Crippen molar-refractivity contribution in [3.05, 3.63) is 80.4 Å². The van der Waals surface area contributed by atoms with Crippen LogP contribution in [0, 0.1) is 0 Å². The molecule has 0 aliphatic heterocycles. The summed E-state index contributed by atoms with van der Waals surface area (Å²) in [7, 11) is 1.49. The molecule has 4 rings (SSSR count). The van der Waals surface area contributed by atoms with Crippen molar-refractivity contribution in [1.29, 1.82) is 0 Å². The second-order valence-electron chi connectivity index (χ2n) is 6.97. The second-order valence-corrected chi connectivity index (χ2v) is 6.97. The van der Waals surface area contributed by atoms with Gasteiger partial charge in [-0.3, -0.25) is 14.4 Å². The van der Waals surface area contributed by atoms with E-state index in [0.29, 0.717) is 21.8 Å². The minimum atomic E-state index is -0.945. The number of benzene rings is 2. The zero-order valence-electron chi connectivity index (χ0n) is 16.6. The highest BCUT2D eigenvalue weighted by molar-refractivity contribution is 6.07. The molecule has 0 saturated carbocycles. The smallest absolute Gasteiger partial charge is 0.280 e. The van der Waals surface area contributed by atoms with Crippen LogP contribution in [0.15, 0.2) is 63.2 Å². The summed E-state index contributed by atoms with van der Waals surface area (Å²) in [6, 6.07) is 13.3. The Labute approximate surface area is 174 Å². The van der Waals surface area contributed by atoms with Gasteiger partial charge in [0.1, 0.15) is 22.6 Å². The molecule has 156 valence electrons. The van der Waals surface area contributed by atoms with Gasteiger partial charge in [0.25, 0.3) is 17.0 Å². The minimum absolute atomic E-state index is 0.0231. The van der Waals surface area contributed by atoms with Crippen LogP contribution in [-0.2, 0) is 7.05 Å². The van der Waals surface area contributed by atoms with Crippen molar-refractivity contribution in [2.24, 2.45) is 12.1 Å².